The minimum absolute atomic E-state index is 0.141. The van der Waals surface area contributed by atoms with Gasteiger partial charge in [-0.2, -0.15) is 0 Å². The zero-order valence-corrected chi connectivity index (χ0v) is 11.8. The second kappa shape index (κ2) is 5.83. The molecule has 0 saturated carbocycles. The van der Waals surface area contributed by atoms with Gasteiger partial charge in [0.1, 0.15) is 0 Å². The van der Waals surface area contributed by atoms with E-state index in [1.807, 2.05) is 25.8 Å². The predicted octanol–water partition coefficient (Wildman–Crippen LogP) is 1.91. The molecular formula is C13H26N2O2. The van der Waals surface area contributed by atoms with Gasteiger partial charge in [0.05, 0.1) is 12.0 Å². The molecule has 1 saturated heterocycles. The van der Waals surface area contributed by atoms with Gasteiger partial charge in [-0.05, 0) is 33.7 Å². The summed E-state index contributed by atoms with van der Waals surface area (Å²) in [6, 6.07) is 0.501. The average molecular weight is 242 g/mol. The van der Waals surface area contributed by atoms with E-state index < -0.39 is 5.41 Å². The summed E-state index contributed by atoms with van der Waals surface area (Å²) in [6.45, 7) is 13.7. The highest BCUT2D eigenvalue weighted by Crippen LogP contribution is 2.18. The maximum absolute atomic E-state index is 11.8. The topological polar surface area (TPSA) is 32.8 Å². The second-order valence-electron chi connectivity index (χ2n) is 5.71. The molecule has 0 aliphatic carbocycles. The van der Waals surface area contributed by atoms with Gasteiger partial charge in [0.15, 0.2) is 0 Å². The summed E-state index contributed by atoms with van der Waals surface area (Å²) in [5.41, 5.74) is -0.427. The van der Waals surface area contributed by atoms with Crippen molar-refractivity contribution in [2.75, 3.05) is 26.2 Å². The molecule has 4 nitrogen and oxygen atoms in total. The number of carbonyl (C=O) groups excluding carboxylic acids is 1. The van der Waals surface area contributed by atoms with Gasteiger partial charge in [-0.1, -0.05) is 13.8 Å². The average Bonchev–Trinajstić information content (AvgIpc) is 2.27. The molecule has 0 spiro atoms. The maximum atomic E-state index is 11.8. The third-order valence-electron chi connectivity index (χ3n) is 3.27. The number of rotatable bonds is 3. The van der Waals surface area contributed by atoms with Crippen molar-refractivity contribution in [3.05, 3.63) is 0 Å². The van der Waals surface area contributed by atoms with Crippen LogP contribution in [0.5, 0.6) is 0 Å². The third-order valence-corrected chi connectivity index (χ3v) is 3.27. The summed E-state index contributed by atoms with van der Waals surface area (Å²) in [7, 11) is 0. The summed E-state index contributed by atoms with van der Waals surface area (Å²) in [5, 5.41) is 1.83. The predicted molar refractivity (Wildman–Crippen MR) is 68.4 cm³/mol. The van der Waals surface area contributed by atoms with Crippen LogP contribution in [0.3, 0.4) is 0 Å². The molecule has 1 aliphatic rings. The van der Waals surface area contributed by atoms with E-state index in [-0.39, 0.29) is 5.97 Å². The number of likely N-dealkylation sites (N-methyl/N-ethyl adjacent to an activating group) is 1. The van der Waals surface area contributed by atoms with Gasteiger partial charge in [0, 0.05) is 19.1 Å². The Hall–Kier alpha value is -0.610. The van der Waals surface area contributed by atoms with Crippen molar-refractivity contribution in [2.24, 2.45) is 5.41 Å². The largest absolute Gasteiger partial charge is 0.367 e. The molecule has 0 bridgehead atoms. The second-order valence-corrected chi connectivity index (χ2v) is 5.71. The van der Waals surface area contributed by atoms with Gasteiger partial charge in [-0.25, -0.2) is 4.79 Å². The molecular weight excluding hydrogens is 216 g/mol. The van der Waals surface area contributed by atoms with Gasteiger partial charge >= 0.3 is 5.97 Å². The van der Waals surface area contributed by atoms with Crippen LogP contribution < -0.4 is 0 Å². The van der Waals surface area contributed by atoms with Crippen LogP contribution in [0, 0.1) is 5.41 Å². The third kappa shape index (κ3) is 3.96. The number of hydrogen-bond donors (Lipinski definition) is 0. The van der Waals surface area contributed by atoms with Crippen molar-refractivity contribution in [2.45, 2.75) is 47.1 Å². The minimum Gasteiger partial charge on any atom is -0.367 e. The van der Waals surface area contributed by atoms with Crippen molar-refractivity contribution in [1.82, 2.24) is 9.96 Å². The Kier molecular flexibility index (Phi) is 4.95. The lowest BCUT2D eigenvalue weighted by Crippen LogP contribution is -2.53. The van der Waals surface area contributed by atoms with Crippen molar-refractivity contribution >= 4 is 5.97 Å². The number of nitrogens with zero attached hydrogens (tertiary/aromatic N) is 2. The van der Waals surface area contributed by atoms with E-state index in [9.17, 15) is 4.79 Å². The first-order chi connectivity index (χ1) is 7.88. The van der Waals surface area contributed by atoms with E-state index in [0.717, 1.165) is 32.6 Å². The standard InChI is InChI=1S/C13H26N2O2/c1-6-11-10-15(9-8-14(11)7-2)17-12(16)13(3,4)5/h11H,6-10H2,1-5H3/t11-/m1/s1. The molecule has 100 valence electrons. The van der Waals surface area contributed by atoms with E-state index >= 15 is 0 Å². The molecule has 0 aromatic rings. The lowest BCUT2D eigenvalue weighted by atomic mass is 9.98. The zero-order valence-electron chi connectivity index (χ0n) is 11.8. The number of piperazine rings is 1. The Morgan fingerprint density at radius 3 is 2.41 bits per heavy atom. The van der Waals surface area contributed by atoms with Crippen LogP contribution in [0.4, 0.5) is 0 Å². The van der Waals surface area contributed by atoms with Crippen LogP contribution in [0.25, 0.3) is 0 Å². The fourth-order valence-electron chi connectivity index (χ4n) is 2.01. The highest BCUT2D eigenvalue weighted by atomic mass is 16.7. The Balaban J connectivity index is 2.50. The van der Waals surface area contributed by atoms with Crippen LogP contribution in [0.1, 0.15) is 41.0 Å². The van der Waals surface area contributed by atoms with Crippen LogP contribution in [0.15, 0.2) is 0 Å². The van der Waals surface area contributed by atoms with Crippen molar-refractivity contribution in [3.8, 4) is 0 Å². The summed E-state index contributed by atoms with van der Waals surface area (Å²) < 4.78 is 0. The Morgan fingerprint density at radius 1 is 1.29 bits per heavy atom. The monoisotopic (exact) mass is 242 g/mol. The molecule has 1 rings (SSSR count). The maximum Gasteiger partial charge on any atom is 0.330 e. The summed E-state index contributed by atoms with van der Waals surface area (Å²) in [5.74, 6) is -0.141. The SMILES string of the molecule is CC[C@@H]1CN(OC(=O)C(C)(C)C)CCN1CC. The van der Waals surface area contributed by atoms with E-state index in [4.69, 9.17) is 4.84 Å². The van der Waals surface area contributed by atoms with Gasteiger partial charge in [0.25, 0.3) is 0 Å². The number of hydrogen-bond acceptors (Lipinski definition) is 4. The first kappa shape index (κ1) is 14.5. The Labute approximate surface area is 105 Å². The van der Waals surface area contributed by atoms with Crippen LogP contribution in [-0.2, 0) is 9.63 Å². The van der Waals surface area contributed by atoms with Crippen molar-refractivity contribution in [3.63, 3.8) is 0 Å². The normalized spacial score (nSPS) is 23.7. The van der Waals surface area contributed by atoms with E-state index in [0.29, 0.717) is 6.04 Å². The molecule has 1 atom stereocenters. The summed E-state index contributed by atoms with van der Waals surface area (Å²) in [4.78, 5) is 19.7. The molecule has 0 aromatic carbocycles. The Bertz CT molecular complexity index is 261. The lowest BCUT2D eigenvalue weighted by molar-refractivity contribution is -0.211. The zero-order chi connectivity index (χ0) is 13.1. The molecule has 4 heteroatoms. The van der Waals surface area contributed by atoms with Crippen LogP contribution in [0.2, 0.25) is 0 Å². The van der Waals surface area contributed by atoms with Gasteiger partial charge in [-0.15, -0.1) is 5.06 Å². The molecule has 17 heavy (non-hydrogen) atoms. The fraction of sp³-hybridized carbons (Fsp3) is 0.923. The molecule has 1 fully saturated rings. The molecule has 0 radical (unpaired) electrons. The molecule has 1 aliphatic heterocycles. The quantitative estimate of drug-likeness (QED) is 0.757. The Morgan fingerprint density at radius 2 is 1.94 bits per heavy atom. The smallest absolute Gasteiger partial charge is 0.330 e. The summed E-state index contributed by atoms with van der Waals surface area (Å²) in [6.07, 6.45) is 1.09. The van der Waals surface area contributed by atoms with E-state index in [2.05, 4.69) is 18.7 Å². The lowest BCUT2D eigenvalue weighted by Gasteiger charge is -2.40. The highest BCUT2D eigenvalue weighted by Gasteiger charge is 2.30. The van der Waals surface area contributed by atoms with Gasteiger partial charge in [0.2, 0.25) is 0 Å². The van der Waals surface area contributed by atoms with Gasteiger partial charge < -0.3 is 4.84 Å². The van der Waals surface area contributed by atoms with Crippen molar-refractivity contribution < 1.29 is 9.63 Å². The highest BCUT2D eigenvalue weighted by molar-refractivity contribution is 5.75. The molecule has 0 aromatic heterocycles. The van der Waals surface area contributed by atoms with E-state index in [1.165, 1.54) is 0 Å². The molecule has 0 N–H and O–H groups in total. The van der Waals surface area contributed by atoms with Crippen LogP contribution in [-0.4, -0.2) is 48.2 Å². The van der Waals surface area contributed by atoms with Crippen LogP contribution >= 0.6 is 0 Å². The first-order valence-electron chi connectivity index (χ1n) is 6.59. The fourth-order valence-corrected chi connectivity index (χ4v) is 2.01. The van der Waals surface area contributed by atoms with E-state index in [1.54, 1.807) is 0 Å². The first-order valence-corrected chi connectivity index (χ1v) is 6.59. The van der Waals surface area contributed by atoms with Gasteiger partial charge in [-0.3, -0.25) is 4.90 Å². The molecule has 1 heterocycles. The van der Waals surface area contributed by atoms with Crippen molar-refractivity contribution in [1.29, 1.82) is 0 Å². The number of carbonyl (C=O) groups is 1. The molecule has 0 unspecified atom stereocenters. The summed E-state index contributed by atoms with van der Waals surface area (Å²) >= 11 is 0. The number of hydroxylamine groups is 2. The minimum atomic E-state index is -0.427. The molecule has 0 amide bonds.